The zero-order valence-corrected chi connectivity index (χ0v) is 12.8. The normalized spacial score (nSPS) is 11.6. The Morgan fingerprint density at radius 3 is 1.81 bits per heavy atom. The Morgan fingerprint density at radius 2 is 1.50 bits per heavy atom. The molecule has 0 nitrogen and oxygen atoms in total. The van der Waals surface area contributed by atoms with Gasteiger partial charge in [0.2, 0.25) is 0 Å². The van der Waals surface area contributed by atoms with Crippen LogP contribution in [-0.4, -0.2) is 25.3 Å². The molecule has 0 aliphatic carbocycles. The maximum absolute atomic E-state index is 12.3. The highest BCUT2D eigenvalue weighted by Crippen LogP contribution is 2.28. The van der Waals surface area contributed by atoms with Gasteiger partial charge in [-0.15, -0.1) is 12.4 Å². The van der Waals surface area contributed by atoms with Crippen LogP contribution in [0.1, 0.15) is 5.56 Å². The fraction of sp³-hybridized carbons (Fsp3) is 0.400. The lowest BCUT2D eigenvalue weighted by atomic mass is 10.2. The first-order valence-electron chi connectivity index (χ1n) is 4.95. The molecule has 0 saturated carbocycles. The molecule has 1 aromatic rings. The lowest BCUT2D eigenvalue weighted by Gasteiger charge is -2.22. The number of rotatable bonds is 2. The van der Waals surface area contributed by atoms with Crippen molar-refractivity contribution in [1.82, 2.24) is 0 Å². The first kappa shape index (κ1) is 16.3. The van der Waals surface area contributed by atoms with Crippen molar-refractivity contribution < 1.29 is 13.2 Å². The Labute approximate surface area is 110 Å². The van der Waals surface area contributed by atoms with Gasteiger partial charge in [-0.3, -0.25) is 0 Å². The van der Waals surface area contributed by atoms with E-state index in [-0.39, 0.29) is 32.0 Å². The van der Waals surface area contributed by atoms with Gasteiger partial charge in [-0.2, -0.15) is 18.2 Å². The second kappa shape index (κ2) is 5.75. The summed E-state index contributed by atoms with van der Waals surface area (Å²) < 4.78 is 37.0. The van der Waals surface area contributed by atoms with E-state index in [9.17, 15) is 13.2 Å². The minimum absolute atomic E-state index is 0. The summed E-state index contributed by atoms with van der Waals surface area (Å²) in [4.78, 5) is 0. The zero-order chi connectivity index (χ0) is 11.7. The van der Waals surface area contributed by atoms with Crippen LogP contribution in [0.4, 0.5) is 13.2 Å². The molecule has 0 unspecified atom stereocenters. The van der Waals surface area contributed by atoms with Crippen LogP contribution in [0.3, 0.4) is 0 Å². The van der Waals surface area contributed by atoms with Gasteiger partial charge < -0.3 is 0 Å². The summed E-state index contributed by atoms with van der Waals surface area (Å²) in [5, 5.41) is 3.37. The van der Waals surface area contributed by atoms with Crippen molar-refractivity contribution in [2.45, 2.75) is 24.3 Å². The third-order valence-electron chi connectivity index (χ3n) is 2.88. The molecule has 0 spiro atoms. The molecule has 0 aliphatic heterocycles. The highest BCUT2D eigenvalue weighted by molar-refractivity contribution is 7.29. The number of hydrogen-bond donors (Lipinski definition) is 0. The maximum atomic E-state index is 12.3. The van der Waals surface area contributed by atoms with Crippen LogP contribution in [0.5, 0.6) is 0 Å². The Hall–Kier alpha value is 0.283. The predicted octanol–water partition coefficient (Wildman–Crippen LogP) is 3.29. The van der Waals surface area contributed by atoms with Crippen molar-refractivity contribution in [3.05, 3.63) is 29.8 Å². The molecule has 0 fully saturated rings. The Kier molecular flexibility index (Phi) is 5.85. The fourth-order valence-electron chi connectivity index (χ4n) is 1.31. The van der Waals surface area contributed by atoms with E-state index < -0.39 is 17.5 Å². The molecule has 0 radical (unpaired) electrons. The molecule has 0 N–H and O–H groups in total. The lowest BCUT2D eigenvalue weighted by molar-refractivity contribution is -0.137. The summed E-state index contributed by atoms with van der Waals surface area (Å²) in [5.41, 5.74) is -1.91. The van der Waals surface area contributed by atoms with Crippen molar-refractivity contribution in [3.63, 3.8) is 0 Å². The third-order valence-corrected chi connectivity index (χ3v) is 13.1. The van der Waals surface area contributed by atoms with Gasteiger partial charge in [-0.1, -0.05) is 42.5 Å². The third kappa shape index (κ3) is 3.94. The molecular weight excluding hydrogens is 265 g/mol. The summed E-state index contributed by atoms with van der Waals surface area (Å²) >= 11 is -0.145. The predicted molar refractivity (Wildman–Crippen MR) is 67.4 cm³/mol. The van der Waals surface area contributed by atoms with Crippen LogP contribution >= 0.6 is 12.4 Å². The minimum Gasteiger partial charge on any atom is -0.166 e. The smallest absolute Gasteiger partial charge is 0.166 e. The summed E-state index contributed by atoms with van der Waals surface area (Å²) in [6.45, 7) is 4.45. The first-order valence-corrected chi connectivity index (χ1v) is 11.7. The summed E-state index contributed by atoms with van der Waals surface area (Å²) in [6.07, 6.45) is -4.21. The molecule has 1 aromatic carbocycles. The molecule has 1 rings (SSSR count). The van der Waals surface area contributed by atoms with Crippen LogP contribution in [0.25, 0.3) is 0 Å². The molecule has 0 bridgehead atoms. The molecule has 0 heterocycles. The van der Waals surface area contributed by atoms with Gasteiger partial charge in [-0.05, 0) is 5.72 Å². The zero-order valence-electron chi connectivity index (χ0n) is 9.56. The molecule has 0 atom stereocenters. The van der Waals surface area contributed by atoms with E-state index in [1.54, 1.807) is 12.1 Å². The average molecular weight is 279 g/mol. The Balaban J connectivity index is 0.00000225. The number of hydrogen-bond acceptors (Lipinski definition) is 0. The quantitative estimate of drug-likeness (QED) is 0.729. The number of halogens is 4. The maximum Gasteiger partial charge on any atom is 0.416 e. The van der Waals surface area contributed by atoms with Gasteiger partial charge in [0.05, 0.1) is 5.56 Å². The van der Waals surface area contributed by atoms with Crippen LogP contribution in [-0.2, 0) is 6.18 Å². The molecule has 88 valence electrons. The van der Waals surface area contributed by atoms with Gasteiger partial charge >= 0.3 is 25.8 Å². The SMILES string of the molecule is Cl.[CH3][Mg][Si](C)(C)c1ccc(C(F)(F)F)cc1. The van der Waals surface area contributed by atoms with Crippen LogP contribution in [0, 0.1) is 0 Å². The second-order valence-electron chi connectivity index (χ2n) is 4.31. The monoisotopic (exact) mass is 278 g/mol. The molecule has 0 aromatic heterocycles. The van der Waals surface area contributed by atoms with Gasteiger partial charge in [-0.25, -0.2) is 0 Å². The van der Waals surface area contributed by atoms with Crippen molar-refractivity contribution in [1.29, 1.82) is 0 Å². The fourth-order valence-corrected chi connectivity index (χ4v) is 4.72. The van der Waals surface area contributed by atoms with E-state index in [1.807, 2.05) is 0 Å². The Morgan fingerprint density at radius 1 is 1.06 bits per heavy atom. The average Bonchev–Trinajstić information content (AvgIpc) is 2.17. The standard InChI is InChI=1S/C9H10F3Si.CH3.ClH.Mg/c1-13(2)8-5-3-7(4-6-8)9(10,11)12;;;/h3-6H,1-2H3;1H3;1H;. The molecule has 6 heteroatoms. The highest BCUT2D eigenvalue weighted by atomic mass is 35.5. The van der Waals surface area contributed by atoms with Crippen molar-refractivity contribution >= 4 is 42.9 Å². The molecular formula is C10H14ClF3MgSi. The van der Waals surface area contributed by atoms with E-state index in [2.05, 4.69) is 18.1 Å². The lowest BCUT2D eigenvalue weighted by Crippen LogP contribution is -2.46. The molecule has 16 heavy (non-hydrogen) atoms. The van der Waals surface area contributed by atoms with Crippen molar-refractivity contribution in [2.24, 2.45) is 0 Å². The van der Waals surface area contributed by atoms with E-state index in [0.717, 1.165) is 5.19 Å². The molecule has 0 amide bonds. The first-order chi connectivity index (χ1) is 6.77. The van der Waals surface area contributed by atoms with E-state index in [0.29, 0.717) is 0 Å². The van der Waals surface area contributed by atoms with E-state index in [4.69, 9.17) is 0 Å². The topological polar surface area (TPSA) is 0 Å². The van der Waals surface area contributed by atoms with Gasteiger partial charge in [0, 0.05) is 0 Å². The molecule has 0 saturated heterocycles. The van der Waals surface area contributed by atoms with Crippen molar-refractivity contribution in [2.75, 3.05) is 0 Å². The van der Waals surface area contributed by atoms with Crippen LogP contribution in [0.2, 0.25) is 18.1 Å². The number of alkyl halides is 3. The van der Waals surface area contributed by atoms with Gasteiger partial charge in [0.25, 0.3) is 0 Å². The number of benzene rings is 1. The van der Waals surface area contributed by atoms with Crippen molar-refractivity contribution in [3.8, 4) is 0 Å². The summed E-state index contributed by atoms with van der Waals surface area (Å²) in [6, 6.07) is 5.72. The van der Waals surface area contributed by atoms with Crippen LogP contribution < -0.4 is 5.19 Å². The van der Waals surface area contributed by atoms with Crippen LogP contribution in [0.15, 0.2) is 24.3 Å². The Bertz CT molecular complexity index is 335. The van der Waals surface area contributed by atoms with E-state index in [1.165, 1.54) is 12.1 Å². The minimum atomic E-state index is -4.21. The second-order valence-corrected chi connectivity index (χ2v) is 16.8. The summed E-state index contributed by atoms with van der Waals surface area (Å²) in [5.74, 6) is 0. The van der Waals surface area contributed by atoms with E-state index >= 15 is 0 Å². The van der Waals surface area contributed by atoms with Gasteiger partial charge in [0.1, 0.15) is 0 Å². The summed E-state index contributed by atoms with van der Waals surface area (Å²) in [7, 11) is 0. The largest absolute Gasteiger partial charge is 0.416 e. The highest BCUT2D eigenvalue weighted by Gasteiger charge is 2.30. The van der Waals surface area contributed by atoms with Gasteiger partial charge in [0.15, 0.2) is 0 Å². The molecule has 0 aliphatic rings.